The molecule has 0 N–H and O–H groups in total. The molecule has 2 bridgehead atoms. The lowest BCUT2D eigenvalue weighted by Gasteiger charge is -2.40. The lowest BCUT2D eigenvalue weighted by atomic mass is 9.80. The number of ether oxygens (including phenoxy) is 2. The summed E-state index contributed by atoms with van der Waals surface area (Å²) in [4.78, 5) is 27.0. The third-order valence-electron chi connectivity index (χ3n) is 5.01. The fourth-order valence-corrected chi connectivity index (χ4v) is 3.85. The Morgan fingerprint density at radius 3 is 2.55 bits per heavy atom. The van der Waals surface area contributed by atoms with Crippen molar-refractivity contribution in [2.45, 2.75) is 31.3 Å². The van der Waals surface area contributed by atoms with Crippen LogP contribution in [0.4, 0.5) is 0 Å². The maximum atomic E-state index is 12.6. The highest BCUT2D eigenvalue weighted by Gasteiger charge is 2.52. The Bertz CT molecular complexity index is 559. The molecule has 2 aliphatic rings. The van der Waals surface area contributed by atoms with E-state index < -0.39 is 11.8 Å². The van der Waals surface area contributed by atoms with E-state index in [2.05, 4.69) is 4.90 Å². The minimum atomic E-state index is -0.440. The second-order valence-corrected chi connectivity index (χ2v) is 6.09. The monoisotopic (exact) mass is 303 g/mol. The third kappa shape index (κ3) is 2.61. The van der Waals surface area contributed by atoms with E-state index in [4.69, 9.17) is 9.47 Å². The molecule has 4 atom stereocenters. The lowest BCUT2D eigenvalue weighted by Crippen LogP contribution is -2.52. The molecule has 4 unspecified atom stereocenters. The Kier molecular flexibility index (Phi) is 4.16. The van der Waals surface area contributed by atoms with Gasteiger partial charge in [-0.2, -0.15) is 0 Å². The van der Waals surface area contributed by atoms with Gasteiger partial charge in [-0.25, -0.2) is 0 Å². The molecule has 2 fully saturated rings. The summed E-state index contributed by atoms with van der Waals surface area (Å²) in [5.74, 6) is -0.993. The van der Waals surface area contributed by atoms with Crippen LogP contribution in [-0.4, -0.2) is 43.1 Å². The van der Waals surface area contributed by atoms with Gasteiger partial charge in [0.05, 0.1) is 18.9 Å². The summed E-state index contributed by atoms with van der Waals surface area (Å²) >= 11 is 0. The standard InChI is InChI=1S/C17H21NO4/c1-18-11-8-9-14(18)15(17(20)21-2)13(10-11)16(19)22-12-6-4-3-5-7-12/h3-7,11,13-15H,8-10H2,1-2H3. The number of hydrogen-bond acceptors (Lipinski definition) is 5. The van der Waals surface area contributed by atoms with Crippen molar-refractivity contribution in [2.24, 2.45) is 11.8 Å². The molecule has 0 spiro atoms. The van der Waals surface area contributed by atoms with Crippen LogP contribution in [0.15, 0.2) is 30.3 Å². The number of hydrogen-bond donors (Lipinski definition) is 0. The number of benzene rings is 1. The first-order valence-electron chi connectivity index (χ1n) is 7.68. The average molecular weight is 303 g/mol. The van der Waals surface area contributed by atoms with Crippen LogP contribution >= 0.6 is 0 Å². The molecule has 3 rings (SSSR count). The van der Waals surface area contributed by atoms with E-state index in [9.17, 15) is 9.59 Å². The van der Waals surface area contributed by atoms with Crippen LogP contribution in [0.2, 0.25) is 0 Å². The number of carbonyl (C=O) groups excluding carboxylic acids is 2. The van der Waals surface area contributed by atoms with Gasteiger partial charge in [-0.15, -0.1) is 0 Å². The Labute approximate surface area is 130 Å². The van der Waals surface area contributed by atoms with Crippen molar-refractivity contribution in [2.75, 3.05) is 14.2 Å². The minimum absolute atomic E-state index is 0.0690. The van der Waals surface area contributed by atoms with Crippen LogP contribution in [-0.2, 0) is 14.3 Å². The van der Waals surface area contributed by atoms with E-state index in [-0.39, 0.29) is 18.0 Å². The summed E-state index contributed by atoms with van der Waals surface area (Å²) in [7, 11) is 3.40. The molecule has 0 saturated carbocycles. The van der Waals surface area contributed by atoms with Crippen LogP contribution in [0.1, 0.15) is 19.3 Å². The zero-order valence-electron chi connectivity index (χ0n) is 12.9. The summed E-state index contributed by atoms with van der Waals surface area (Å²) in [5, 5.41) is 0. The largest absolute Gasteiger partial charge is 0.469 e. The second-order valence-electron chi connectivity index (χ2n) is 6.09. The van der Waals surface area contributed by atoms with E-state index in [0.717, 1.165) is 12.8 Å². The van der Waals surface area contributed by atoms with Gasteiger partial charge in [0.1, 0.15) is 5.75 Å². The summed E-state index contributed by atoms with van der Waals surface area (Å²) < 4.78 is 10.4. The number of piperidine rings is 1. The normalized spacial score (nSPS) is 30.8. The number of fused-ring (bicyclic) bond motifs is 2. The van der Waals surface area contributed by atoms with Gasteiger partial charge in [0.25, 0.3) is 0 Å². The Morgan fingerprint density at radius 1 is 1.14 bits per heavy atom. The summed E-state index contributed by atoms with van der Waals surface area (Å²) in [5.41, 5.74) is 0. The molecule has 2 heterocycles. The van der Waals surface area contributed by atoms with Gasteiger partial charge in [-0.3, -0.25) is 14.5 Å². The quantitative estimate of drug-likeness (QED) is 0.630. The van der Waals surface area contributed by atoms with E-state index in [1.165, 1.54) is 7.11 Å². The number of para-hydroxylation sites is 1. The van der Waals surface area contributed by atoms with Gasteiger partial charge in [0.2, 0.25) is 0 Å². The summed E-state index contributed by atoms with van der Waals surface area (Å²) in [6, 6.07) is 9.41. The highest BCUT2D eigenvalue weighted by molar-refractivity contribution is 5.84. The highest BCUT2D eigenvalue weighted by Crippen LogP contribution is 2.42. The number of esters is 2. The molecular formula is C17H21NO4. The molecule has 0 aliphatic carbocycles. The number of nitrogens with zero attached hydrogens (tertiary/aromatic N) is 1. The minimum Gasteiger partial charge on any atom is -0.469 e. The third-order valence-corrected chi connectivity index (χ3v) is 5.01. The smallest absolute Gasteiger partial charge is 0.315 e. The molecule has 0 radical (unpaired) electrons. The van der Waals surface area contributed by atoms with Crippen molar-refractivity contribution < 1.29 is 19.1 Å². The van der Waals surface area contributed by atoms with E-state index in [0.29, 0.717) is 18.2 Å². The first-order chi connectivity index (χ1) is 10.6. The molecule has 2 saturated heterocycles. The van der Waals surface area contributed by atoms with Gasteiger partial charge in [-0.1, -0.05) is 18.2 Å². The SMILES string of the molecule is COC(=O)C1C(C(=O)Oc2ccccc2)CC2CCC1N2C. The lowest BCUT2D eigenvalue weighted by molar-refractivity contribution is -0.160. The first-order valence-corrected chi connectivity index (χ1v) is 7.68. The maximum absolute atomic E-state index is 12.6. The van der Waals surface area contributed by atoms with Crippen molar-refractivity contribution >= 4 is 11.9 Å². The molecular weight excluding hydrogens is 282 g/mol. The molecule has 118 valence electrons. The average Bonchev–Trinajstić information content (AvgIpc) is 2.77. The topological polar surface area (TPSA) is 55.8 Å². The molecule has 5 heteroatoms. The molecule has 1 aromatic carbocycles. The molecule has 2 aliphatic heterocycles. The molecule has 5 nitrogen and oxygen atoms in total. The van der Waals surface area contributed by atoms with Crippen LogP contribution in [0.3, 0.4) is 0 Å². The number of methoxy groups -OCH3 is 1. The summed E-state index contributed by atoms with van der Waals surface area (Å²) in [6.07, 6.45) is 2.60. The number of carbonyl (C=O) groups is 2. The predicted molar refractivity (Wildman–Crippen MR) is 80.3 cm³/mol. The summed E-state index contributed by atoms with van der Waals surface area (Å²) in [6.45, 7) is 0. The van der Waals surface area contributed by atoms with E-state index >= 15 is 0 Å². The molecule has 0 aromatic heterocycles. The highest BCUT2D eigenvalue weighted by atomic mass is 16.5. The fraction of sp³-hybridized carbons (Fsp3) is 0.529. The Hall–Kier alpha value is -1.88. The second kappa shape index (κ2) is 6.08. The van der Waals surface area contributed by atoms with Gasteiger partial charge in [-0.05, 0) is 38.4 Å². The Balaban J connectivity index is 1.81. The first kappa shape index (κ1) is 15.0. The van der Waals surface area contributed by atoms with Crippen LogP contribution in [0.25, 0.3) is 0 Å². The van der Waals surface area contributed by atoms with E-state index in [1.54, 1.807) is 12.1 Å². The molecule has 22 heavy (non-hydrogen) atoms. The maximum Gasteiger partial charge on any atom is 0.315 e. The van der Waals surface area contributed by atoms with Gasteiger partial charge in [0, 0.05) is 12.1 Å². The molecule has 1 aromatic rings. The Morgan fingerprint density at radius 2 is 1.86 bits per heavy atom. The van der Waals surface area contributed by atoms with Crippen molar-refractivity contribution in [3.05, 3.63) is 30.3 Å². The van der Waals surface area contributed by atoms with Gasteiger partial charge in [0.15, 0.2) is 0 Å². The molecule has 0 amide bonds. The van der Waals surface area contributed by atoms with Gasteiger partial charge < -0.3 is 9.47 Å². The van der Waals surface area contributed by atoms with E-state index in [1.807, 2.05) is 25.2 Å². The zero-order valence-corrected chi connectivity index (χ0v) is 12.9. The van der Waals surface area contributed by atoms with Crippen molar-refractivity contribution in [1.82, 2.24) is 4.90 Å². The van der Waals surface area contributed by atoms with Gasteiger partial charge >= 0.3 is 11.9 Å². The zero-order chi connectivity index (χ0) is 15.7. The predicted octanol–water partition coefficient (Wildman–Crippen LogP) is 1.86. The van der Waals surface area contributed by atoms with Crippen molar-refractivity contribution in [3.63, 3.8) is 0 Å². The van der Waals surface area contributed by atoms with Crippen LogP contribution in [0, 0.1) is 11.8 Å². The van der Waals surface area contributed by atoms with Crippen molar-refractivity contribution in [3.8, 4) is 5.75 Å². The van der Waals surface area contributed by atoms with Crippen molar-refractivity contribution in [1.29, 1.82) is 0 Å². The fourth-order valence-electron chi connectivity index (χ4n) is 3.85. The number of rotatable bonds is 3. The van der Waals surface area contributed by atoms with Crippen LogP contribution < -0.4 is 4.74 Å². The van der Waals surface area contributed by atoms with Crippen LogP contribution in [0.5, 0.6) is 5.75 Å².